The quantitative estimate of drug-likeness (QED) is 0.0211. The van der Waals surface area contributed by atoms with Gasteiger partial charge in [-0.2, -0.15) is 0 Å². The smallest absolute Gasteiger partial charge is 0.361 e. The zero-order chi connectivity index (χ0) is 74.6. The third-order valence-electron chi connectivity index (χ3n) is 18.6. The van der Waals surface area contributed by atoms with Gasteiger partial charge in [0.25, 0.3) is 6.29 Å². The van der Waals surface area contributed by atoms with Crippen molar-refractivity contribution in [1.29, 1.82) is 0 Å². The van der Waals surface area contributed by atoms with Crippen LogP contribution in [0.3, 0.4) is 0 Å². The molecule has 0 aromatic rings. The zero-order valence-electron chi connectivity index (χ0n) is 67.7. The lowest BCUT2D eigenvalue weighted by Crippen LogP contribution is -2.40. The average Bonchev–Trinajstić information content (AvgIpc) is 1.01. The van der Waals surface area contributed by atoms with Gasteiger partial charge in [0.15, 0.2) is 6.10 Å². The molecule has 0 aromatic carbocycles. The maximum Gasteiger partial charge on any atom is 0.361 e. The summed E-state index contributed by atoms with van der Waals surface area (Å²) in [7, 11) is 5.98. The molecular weight excluding hydrogens is 1270 g/mol. The van der Waals surface area contributed by atoms with Gasteiger partial charge in [0.1, 0.15) is 13.2 Å². The summed E-state index contributed by atoms with van der Waals surface area (Å²) in [5.41, 5.74) is 0. The van der Waals surface area contributed by atoms with Crippen LogP contribution in [-0.2, 0) is 33.3 Å². The highest BCUT2D eigenvalue weighted by Gasteiger charge is 2.25. The number of carbonyl (C=O) groups is 3. The molecule has 2 atom stereocenters. The van der Waals surface area contributed by atoms with Gasteiger partial charge in [-0.25, -0.2) is 4.79 Å². The number of carboxylic acids is 1. The Morgan fingerprint density at radius 2 is 0.553 bits per heavy atom. The number of carbonyl (C=O) groups excluding carboxylic acids is 2. The van der Waals surface area contributed by atoms with Crippen LogP contribution in [0.2, 0.25) is 0 Å². The number of unbranched alkanes of at least 4 members (excludes halogenated alkanes) is 40. The second-order valence-corrected chi connectivity index (χ2v) is 29.8. The lowest BCUT2D eigenvalue weighted by atomic mass is 10.0. The molecular formula is C94H162NO8+. The van der Waals surface area contributed by atoms with Gasteiger partial charge in [0.05, 0.1) is 34.4 Å². The van der Waals surface area contributed by atoms with Crippen molar-refractivity contribution >= 4 is 17.9 Å². The highest BCUT2D eigenvalue weighted by molar-refractivity contribution is 5.71. The van der Waals surface area contributed by atoms with Gasteiger partial charge in [-0.15, -0.1) is 0 Å². The number of carboxylic acid groups (broad SMARTS) is 1. The van der Waals surface area contributed by atoms with Crippen molar-refractivity contribution in [2.45, 2.75) is 386 Å². The molecule has 0 heterocycles. The Bertz CT molecular complexity index is 2220. The van der Waals surface area contributed by atoms with E-state index in [1.807, 2.05) is 21.1 Å². The van der Waals surface area contributed by atoms with Crippen LogP contribution >= 0.6 is 0 Å². The largest absolute Gasteiger partial charge is 0.477 e. The van der Waals surface area contributed by atoms with E-state index in [-0.39, 0.29) is 32.2 Å². The van der Waals surface area contributed by atoms with E-state index in [9.17, 15) is 19.5 Å². The summed E-state index contributed by atoms with van der Waals surface area (Å²) in [5.74, 6) is -2.01. The van der Waals surface area contributed by atoms with Crippen molar-refractivity contribution < 1.29 is 42.9 Å². The zero-order valence-corrected chi connectivity index (χ0v) is 67.7. The molecule has 0 bridgehead atoms. The van der Waals surface area contributed by atoms with Crippen molar-refractivity contribution in [3.05, 3.63) is 146 Å². The van der Waals surface area contributed by atoms with Crippen LogP contribution in [0, 0.1) is 0 Å². The predicted molar refractivity (Wildman–Crippen MR) is 447 cm³/mol. The van der Waals surface area contributed by atoms with Gasteiger partial charge < -0.3 is 28.5 Å². The van der Waals surface area contributed by atoms with Crippen LogP contribution in [0.15, 0.2) is 146 Å². The van der Waals surface area contributed by atoms with Gasteiger partial charge in [0, 0.05) is 12.8 Å². The summed E-state index contributed by atoms with van der Waals surface area (Å²) in [5, 5.41) is 9.79. The molecule has 1 N–H and O–H groups in total. The molecule has 103 heavy (non-hydrogen) atoms. The molecule has 0 aromatic heterocycles. The number of aliphatic carboxylic acids is 1. The van der Waals surface area contributed by atoms with Crippen LogP contribution in [0.5, 0.6) is 0 Å². The van der Waals surface area contributed by atoms with Crippen molar-refractivity contribution in [3.63, 3.8) is 0 Å². The molecule has 0 aliphatic rings. The number of nitrogens with zero attached hydrogens (tertiary/aromatic N) is 1. The number of allylic oxidation sites excluding steroid dienone is 24. The Labute approximate surface area is 636 Å². The van der Waals surface area contributed by atoms with Gasteiger partial charge in [0.2, 0.25) is 0 Å². The monoisotopic (exact) mass is 1430 g/mol. The Kier molecular flexibility index (Phi) is 78.9. The molecule has 0 radical (unpaired) electrons. The SMILES string of the molecule is CC/C=C\C/C=C\C/C=C\C/C=C\C/C=C\C/C=C\C/C=C\C/C=C\C/C=C\C/C=C\C/C=C\CCCCCCCCCC(=O)OC(COC(=O)CCCCCCCCCCCCCCCCCCCCCCCCCCC/C=C\CCCCCCCCCC)COC(OCC[N+](C)(C)C)C(=O)O. The summed E-state index contributed by atoms with van der Waals surface area (Å²) in [6, 6.07) is 0. The third-order valence-corrected chi connectivity index (χ3v) is 18.6. The van der Waals surface area contributed by atoms with Gasteiger partial charge in [-0.05, 0) is 122 Å². The van der Waals surface area contributed by atoms with Gasteiger partial charge >= 0.3 is 17.9 Å². The van der Waals surface area contributed by atoms with Crippen LogP contribution in [0.1, 0.15) is 373 Å². The Hall–Kier alpha value is -4.83. The number of ether oxygens (including phenoxy) is 4. The predicted octanol–water partition coefficient (Wildman–Crippen LogP) is 28.2. The number of likely N-dealkylation sites (N-methyl/N-ethyl adjacent to an activating group) is 1. The molecule has 9 heteroatoms. The Morgan fingerprint density at radius 1 is 0.301 bits per heavy atom. The van der Waals surface area contributed by atoms with E-state index in [2.05, 4.69) is 160 Å². The maximum absolute atomic E-state index is 13.0. The minimum Gasteiger partial charge on any atom is -0.477 e. The van der Waals surface area contributed by atoms with Crippen LogP contribution in [0.25, 0.3) is 0 Å². The summed E-state index contributed by atoms with van der Waals surface area (Å²) < 4.78 is 23.1. The normalized spacial score (nSPS) is 13.4. The minimum atomic E-state index is -1.52. The van der Waals surface area contributed by atoms with E-state index in [1.54, 1.807) is 0 Å². The van der Waals surface area contributed by atoms with E-state index < -0.39 is 24.3 Å². The summed E-state index contributed by atoms with van der Waals surface area (Å²) in [6.07, 6.45) is 119. The standard InChI is InChI=1S/C94H161NO8/c1-6-8-10-12-14-16-18-20-22-24-26-28-30-32-34-36-38-40-42-44-45-46-47-49-51-53-55-57-59-61-63-65-67-69-71-73-75-77-79-81-83-85-92(97)103-90(89-102-94(93(98)99)100-87-86-95(3,4)5)88-101-91(96)84-82-80-78-76-74-72-70-68-66-64-62-60-58-56-54-52-50-48-43-41-39-37-35-33-31-29-27-25-23-21-19-17-15-13-11-9-7-2/h8,10,14,16,20,22,25-28,32,34,38,40,44-45,47,49,53,55,59,61,65,67,90,94H,6-7,9,11-13,15,17-19,21,23-24,29-31,33,35-37,39,41-43,46,48,50-52,54,56-58,60,62-64,66,68-89H2,1-5H3/p+1/b10-8-,16-14-,22-20-,27-25-,28-26-,34-32-,40-38-,45-44-,49-47-,55-53-,61-59-,67-65-. The summed E-state index contributed by atoms with van der Waals surface area (Å²) in [4.78, 5) is 37.8. The number of hydrogen-bond acceptors (Lipinski definition) is 7. The fourth-order valence-corrected chi connectivity index (χ4v) is 12.1. The maximum atomic E-state index is 13.0. The number of esters is 2. The van der Waals surface area contributed by atoms with Crippen molar-refractivity contribution in [1.82, 2.24) is 0 Å². The molecule has 0 spiro atoms. The highest BCUT2D eigenvalue weighted by atomic mass is 16.7. The fourth-order valence-electron chi connectivity index (χ4n) is 12.1. The molecule has 0 aliphatic carbocycles. The molecule has 0 amide bonds. The van der Waals surface area contributed by atoms with E-state index in [1.165, 1.54) is 225 Å². The topological polar surface area (TPSA) is 108 Å². The van der Waals surface area contributed by atoms with E-state index in [0.717, 1.165) is 116 Å². The average molecular weight is 1430 g/mol. The van der Waals surface area contributed by atoms with Crippen molar-refractivity contribution in [2.24, 2.45) is 0 Å². The Balaban J connectivity index is 4.06. The number of rotatable bonds is 79. The molecule has 2 unspecified atom stereocenters. The van der Waals surface area contributed by atoms with Crippen LogP contribution in [-0.4, -0.2) is 87.4 Å². The lowest BCUT2D eigenvalue weighted by molar-refractivity contribution is -0.870. The van der Waals surface area contributed by atoms with Gasteiger partial charge in [-0.1, -0.05) is 384 Å². The van der Waals surface area contributed by atoms with Crippen molar-refractivity contribution in [2.75, 3.05) is 47.5 Å². The molecule has 590 valence electrons. The summed E-state index contributed by atoms with van der Waals surface area (Å²) >= 11 is 0. The number of quaternary nitrogens is 1. The second-order valence-electron chi connectivity index (χ2n) is 29.8. The molecule has 9 nitrogen and oxygen atoms in total. The van der Waals surface area contributed by atoms with Crippen LogP contribution < -0.4 is 0 Å². The molecule has 0 rings (SSSR count). The minimum absolute atomic E-state index is 0.180. The fraction of sp³-hybridized carbons (Fsp3) is 0.713. The van der Waals surface area contributed by atoms with E-state index in [4.69, 9.17) is 18.9 Å². The van der Waals surface area contributed by atoms with Gasteiger partial charge in [-0.3, -0.25) is 9.59 Å². The molecule has 0 aliphatic heterocycles. The molecule has 0 fully saturated rings. The number of hydrogen-bond donors (Lipinski definition) is 1. The first-order chi connectivity index (χ1) is 50.6. The molecule has 0 saturated heterocycles. The Morgan fingerprint density at radius 3 is 0.835 bits per heavy atom. The highest BCUT2D eigenvalue weighted by Crippen LogP contribution is 2.19. The van der Waals surface area contributed by atoms with Crippen molar-refractivity contribution in [3.8, 4) is 0 Å². The van der Waals surface area contributed by atoms with Crippen LogP contribution in [0.4, 0.5) is 0 Å². The van der Waals surface area contributed by atoms with E-state index >= 15 is 0 Å². The third kappa shape index (κ3) is 84.3. The first kappa shape index (κ1) is 98.2. The van der Waals surface area contributed by atoms with E-state index in [0.29, 0.717) is 23.9 Å². The summed E-state index contributed by atoms with van der Waals surface area (Å²) in [6.45, 7) is 4.78. The second kappa shape index (κ2) is 82.8. The first-order valence-corrected chi connectivity index (χ1v) is 43.0. The first-order valence-electron chi connectivity index (χ1n) is 43.0. The lowest BCUT2D eigenvalue weighted by Gasteiger charge is -2.25. The molecule has 0 saturated carbocycles.